The number of rotatable bonds is 5. The highest BCUT2D eigenvalue weighted by molar-refractivity contribution is 5.01. The van der Waals surface area contributed by atoms with Gasteiger partial charge in [0.25, 0.3) is 0 Å². The number of likely N-dealkylation sites (tertiary alicyclic amines) is 2. The highest BCUT2D eigenvalue weighted by Crippen LogP contribution is 2.26. The average molecular weight is 306 g/mol. The summed E-state index contributed by atoms with van der Waals surface area (Å²) in [7, 11) is 0. The predicted octanol–water partition coefficient (Wildman–Crippen LogP) is 1.89. The van der Waals surface area contributed by atoms with Crippen LogP contribution >= 0.6 is 0 Å². The molecule has 0 spiro atoms. The Labute approximate surface area is 133 Å². The van der Waals surface area contributed by atoms with Crippen LogP contribution in [0.25, 0.3) is 0 Å². The highest BCUT2D eigenvalue weighted by Gasteiger charge is 2.34. The van der Waals surface area contributed by atoms with Crippen LogP contribution in [0, 0.1) is 0 Å². The molecule has 22 heavy (non-hydrogen) atoms. The zero-order valence-corrected chi connectivity index (χ0v) is 14.0. The second-order valence-corrected chi connectivity index (χ2v) is 7.37. The summed E-state index contributed by atoms with van der Waals surface area (Å²) in [5, 5.41) is 10.8. The molecule has 2 saturated heterocycles. The van der Waals surface area contributed by atoms with Crippen LogP contribution in [0.5, 0.6) is 0 Å². The SMILES string of the molecule is CC(C)n1cncc1CN1CCC(O)(CN2CCCC2)CC1. The summed E-state index contributed by atoms with van der Waals surface area (Å²) >= 11 is 0. The molecule has 0 unspecified atom stereocenters. The number of hydrogen-bond acceptors (Lipinski definition) is 4. The molecule has 0 atom stereocenters. The number of nitrogens with zero attached hydrogens (tertiary/aromatic N) is 4. The Hall–Kier alpha value is -0.910. The lowest BCUT2D eigenvalue weighted by Gasteiger charge is -2.40. The fraction of sp³-hybridized carbons (Fsp3) is 0.824. The van der Waals surface area contributed by atoms with Gasteiger partial charge in [-0.15, -0.1) is 0 Å². The van der Waals surface area contributed by atoms with Gasteiger partial charge in [0, 0.05) is 38.4 Å². The minimum absolute atomic E-state index is 0.453. The van der Waals surface area contributed by atoms with Gasteiger partial charge in [-0.05, 0) is 52.6 Å². The van der Waals surface area contributed by atoms with Gasteiger partial charge in [0.2, 0.25) is 0 Å². The van der Waals surface area contributed by atoms with Crippen LogP contribution in [0.3, 0.4) is 0 Å². The topological polar surface area (TPSA) is 44.5 Å². The Morgan fingerprint density at radius 2 is 1.82 bits per heavy atom. The normalized spacial score (nSPS) is 23.5. The van der Waals surface area contributed by atoms with Crippen molar-refractivity contribution in [2.24, 2.45) is 0 Å². The van der Waals surface area contributed by atoms with Crippen molar-refractivity contribution in [3.8, 4) is 0 Å². The third kappa shape index (κ3) is 3.70. The quantitative estimate of drug-likeness (QED) is 0.902. The van der Waals surface area contributed by atoms with Crippen LogP contribution in [-0.2, 0) is 6.54 Å². The van der Waals surface area contributed by atoms with E-state index in [0.717, 1.165) is 39.0 Å². The van der Waals surface area contributed by atoms with Crippen LogP contribution in [0.1, 0.15) is 51.3 Å². The molecule has 0 radical (unpaired) electrons. The smallest absolute Gasteiger partial charge is 0.0951 e. The maximum atomic E-state index is 10.8. The Bertz CT molecular complexity index is 471. The van der Waals surface area contributed by atoms with Gasteiger partial charge in [-0.3, -0.25) is 4.90 Å². The summed E-state index contributed by atoms with van der Waals surface area (Å²) in [5.41, 5.74) is 0.805. The van der Waals surface area contributed by atoms with E-state index in [1.165, 1.54) is 31.6 Å². The minimum atomic E-state index is -0.473. The Morgan fingerprint density at radius 1 is 1.14 bits per heavy atom. The van der Waals surface area contributed by atoms with Crippen molar-refractivity contribution in [2.75, 3.05) is 32.7 Å². The van der Waals surface area contributed by atoms with Gasteiger partial charge < -0.3 is 14.6 Å². The van der Waals surface area contributed by atoms with Crippen molar-refractivity contribution in [3.63, 3.8) is 0 Å². The molecule has 3 heterocycles. The first-order valence-electron chi connectivity index (χ1n) is 8.73. The molecule has 2 aliphatic rings. The van der Waals surface area contributed by atoms with Gasteiger partial charge in [-0.1, -0.05) is 0 Å². The summed E-state index contributed by atoms with van der Waals surface area (Å²) in [6, 6.07) is 0.453. The molecule has 2 fully saturated rings. The maximum Gasteiger partial charge on any atom is 0.0951 e. The third-order valence-corrected chi connectivity index (χ3v) is 5.19. The Kier molecular flexibility index (Phi) is 4.85. The summed E-state index contributed by atoms with van der Waals surface area (Å²) in [4.78, 5) is 9.17. The minimum Gasteiger partial charge on any atom is -0.388 e. The van der Waals surface area contributed by atoms with E-state index in [1.807, 2.05) is 12.5 Å². The molecule has 2 aliphatic heterocycles. The number of β-amino-alcohol motifs (C(OH)–C–C–N with tert-alkyl or cyclic N) is 1. The van der Waals surface area contributed by atoms with Crippen molar-refractivity contribution in [3.05, 3.63) is 18.2 Å². The van der Waals surface area contributed by atoms with E-state index in [9.17, 15) is 5.11 Å². The van der Waals surface area contributed by atoms with Crippen LogP contribution in [0.2, 0.25) is 0 Å². The Balaban J connectivity index is 1.51. The standard InChI is InChI=1S/C17H30N4O/c1-15(2)21-14-18-11-16(21)12-19-9-5-17(22,6-10-19)13-20-7-3-4-8-20/h11,14-15,22H,3-10,12-13H2,1-2H3. The zero-order valence-electron chi connectivity index (χ0n) is 14.0. The molecular formula is C17H30N4O. The molecule has 1 aromatic rings. The molecule has 1 aromatic heterocycles. The molecule has 0 bridgehead atoms. The summed E-state index contributed by atoms with van der Waals surface area (Å²) in [6.07, 6.45) is 8.26. The van der Waals surface area contributed by atoms with Crippen molar-refractivity contribution in [1.82, 2.24) is 19.4 Å². The molecule has 124 valence electrons. The second kappa shape index (κ2) is 6.69. The van der Waals surface area contributed by atoms with Gasteiger partial charge in [-0.2, -0.15) is 0 Å². The molecule has 1 N–H and O–H groups in total. The number of piperidine rings is 1. The first kappa shape index (κ1) is 16.0. The number of hydrogen-bond donors (Lipinski definition) is 1. The van der Waals surface area contributed by atoms with Gasteiger partial charge in [-0.25, -0.2) is 4.98 Å². The Morgan fingerprint density at radius 3 is 2.45 bits per heavy atom. The van der Waals surface area contributed by atoms with Crippen LogP contribution in [0.15, 0.2) is 12.5 Å². The van der Waals surface area contributed by atoms with E-state index in [2.05, 4.69) is 33.2 Å². The second-order valence-electron chi connectivity index (χ2n) is 7.37. The largest absolute Gasteiger partial charge is 0.388 e. The molecule has 5 heteroatoms. The lowest BCUT2D eigenvalue weighted by molar-refractivity contribution is -0.0434. The molecule has 0 aromatic carbocycles. The summed E-state index contributed by atoms with van der Waals surface area (Å²) < 4.78 is 2.24. The van der Waals surface area contributed by atoms with Gasteiger partial charge in [0.05, 0.1) is 17.6 Å². The van der Waals surface area contributed by atoms with Gasteiger partial charge in [0.15, 0.2) is 0 Å². The van der Waals surface area contributed by atoms with Gasteiger partial charge in [0.1, 0.15) is 0 Å². The molecule has 0 aliphatic carbocycles. The van der Waals surface area contributed by atoms with Crippen molar-refractivity contribution in [1.29, 1.82) is 0 Å². The number of aromatic nitrogens is 2. The van der Waals surface area contributed by atoms with E-state index in [-0.39, 0.29) is 0 Å². The van der Waals surface area contributed by atoms with Gasteiger partial charge >= 0.3 is 0 Å². The summed E-state index contributed by atoms with van der Waals surface area (Å²) in [5.74, 6) is 0. The lowest BCUT2D eigenvalue weighted by atomic mass is 9.90. The van der Waals surface area contributed by atoms with E-state index >= 15 is 0 Å². The fourth-order valence-corrected chi connectivity index (χ4v) is 3.79. The fourth-order valence-electron chi connectivity index (χ4n) is 3.79. The van der Waals surface area contributed by atoms with E-state index in [4.69, 9.17) is 0 Å². The van der Waals surface area contributed by atoms with Crippen LogP contribution < -0.4 is 0 Å². The number of imidazole rings is 1. The molecule has 0 saturated carbocycles. The van der Waals surface area contributed by atoms with Crippen LogP contribution in [0.4, 0.5) is 0 Å². The average Bonchev–Trinajstić information content (AvgIpc) is 3.13. The summed E-state index contributed by atoms with van der Waals surface area (Å²) in [6.45, 7) is 10.5. The first-order valence-corrected chi connectivity index (χ1v) is 8.73. The maximum absolute atomic E-state index is 10.8. The molecule has 5 nitrogen and oxygen atoms in total. The van der Waals surface area contributed by atoms with Crippen molar-refractivity contribution >= 4 is 0 Å². The molecule has 3 rings (SSSR count). The molecule has 0 amide bonds. The lowest BCUT2D eigenvalue weighted by Crippen LogP contribution is -2.50. The third-order valence-electron chi connectivity index (χ3n) is 5.19. The number of aliphatic hydroxyl groups is 1. The highest BCUT2D eigenvalue weighted by atomic mass is 16.3. The van der Waals surface area contributed by atoms with E-state index in [1.54, 1.807) is 0 Å². The van der Waals surface area contributed by atoms with Crippen molar-refractivity contribution < 1.29 is 5.11 Å². The van der Waals surface area contributed by atoms with E-state index < -0.39 is 5.60 Å². The monoisotopic (exact) mass is 306 g/mol. The first-order chi connectivity index (χ1) is 10.6. The molecular weight excluding hydrogens is 276 g/mol. The van der Waals surface area contributed by atoms with Crippen LogP contribution in [-0.4, -0.2) is 62.8 Å². The predicted molar refractivity (Wildman–Crippen MR) is 87.7 cm³/mol. The van der Waals surface area contributed by atoms with E-state index in [0.29, 0.717) is 6.04 Å². The van der Waals surface area contributed by atoms with Crippen molar-refractivity contribution in [2.45, 2.75) is 57.7 Å². The zero-order chi connectivity index (χ0) is 15.6.